The fourth-order valence-electron chi connectivity index (χ4n) is 5.53. The van der Waals surface area contributed by atoms with Gasteiger partial charge in [-0.25, -0.2) is 0 Å². The van der Waals surface area contributed by atoms with Crippen molar-refractivity contribution in [3.05, 3.63) is 34.4 Å². The Balaban J connectivity index is 2.15. The van der Waals surface area contributed by atoms with E-state index >= 15 is 0 Å². The molecular formula is C22H31NO3. The Bertz CT molecular complexity index is 739. The third-order valence-corrected chi connectivity index (χ3v) is 6.96. The molecule has 1 unspecified atom stereocenters. The molecule has 1 aromatic carbocycles. The van der Waals surface area contributed by atoms with Crippen molar-refractivity contribution in [3.63, 3.8) is 0 Å². The first-order valence-corrected chi connectivity index (χ1v) is 9.71. The predicted octanol–water partition coefficient (Wildman–Crippen LogP) is 4.89. The molecule has 4 nitrogen and oxygen atoms in total. The number of hydrogen-bond acceptors (Lipinski definition) is 3. The van der Waals surface area contributed by atoms with Gasteiger partial charge in [0.05, 0.1) is 11.6 Å². The molecule has 1 N–H and O–H groups in total. The predicted molar refractivity (Wildman–Crippen MR) is 104 cm³/mol. The van der Waals surface area contributed by atoms with Gasteiger partial charge < -0.3 is 9.94 Å². The number of rotatable bonds is 4. The molecule has 142 valence electrons. The number of oxime groups is 1. The van der Waals surface area contributed by atoms with E-state index in [-0.39, 0.29) is 11.3 Å². The molecule has 3 atom stereocenters. The van der Waals surface area contributed by atoms with Crippen LogP contribution in [0.3, 0.4) is 0 Å². The molecule has 0 aromatic heterocycles. The summed E-state index contributed by atoms with van der Waals surface area (Å²) in [5.74, 6) is -0.0671. The van der Waals surface area contributed by atoms with Crippen molar-refractivity contribution >= 4 is 12.2 Å². The Labute approximate surface area is 156 Å². The maximum absolute atomic E-state index is 12.1. The Morgan fingerprint density at radius 1 is 1.35 bits per heavy atom. The van der Waals surface area contributed by atoms with E-state index in [1.807, 2.05) is 6.92 Å². The lowest BCUT2D eigenvalue weighted by Gasteiger charge is -2.53. The summed E-state index contributed by atoms with van der Waals surface area (Å²) in [5.41, 5.74) is 4.35. The maximum Gasteiger partial charge on any atom is 0.309 e. The van der Waals surface area contributed by atoms with Gasteiger partial charge in [0.25, 0.3) is 0 Å². The zero-order chi connectivity index (χ0) is 19.1. The minimum absolute atomic E-state index is 0.0931. The first kappa shape index (κ1) is 18.9. The van der Waals surface area contributed by atoms with Crippen molar-refractivity contribution in [3.8, 4) is 0 Å². The quantitative estimate of drug-likeness (QED) is 0.617. The van der Waals surface area contributed by atoms with E-state index in [2.05, 4.69) is 38.1 Å². The number of benzene rings is 1. The van der Waals surface area contributed by atoms with Gasteiger partial charge in [-0.2, -0.15) is 0 Å². The molecule has 0 saturated heterocycles. The molecule has 1 fully saturated rings. The van der Waals surface area contributed by atoms with Crippen LogP contribution in [0.1, 0.15) is 81.5 Å². The summed E-state index contributed by atoms with van der Waals surface area (Å²) in [6.07, 6.45) is 6.50. The van der Waals surface area contributed by atoms with Gasteiger partial charge in [0, 0.05) is 0 Å². The van der Waals surface area contributed by atoms with Crippen LogP contribution < -0.4 is 0 Å². The summed E-state index contributed by atoms with van der Waals surface area (Å²) < 4.78 is 0. The van der Waals surface area contributed by atoms with E-state index in [1.165, 1.54) is 16.7 Å². The van der Waals surface area contributed by atoms with E-state index in [0.717, 1.165) is 37.7 Å². The second-order valence-corrected chi connectivity index (χ2v) is 8.79. The monoisotopic (exact) mass is 357 g/mol. The SMILES string of the molecule is CO/N=C/c1cc2c(cc1C(C)C)CCC1[C@](C)(C(=O)O)CCC[C@]21C. The molecule has 0 radical (unpaired) electrons. The molecule has 1 saturated carbocycles. The number of hydrogen-bond donors (Lipinski definition) is 1. The summed E-state index contributed by atoms with van der Waals surface area (Å²) in [5, 5.41) is 13.9. The third-order valence-electron chi connectivity index (χ3n) is 6.96. The summed E-state index contributed by atoms with van der Waals surface area (Å²) in [6.45, 7) is 8.63. The Hall–Kier alpha value is -1.84. The van der Waals surface area contributed by atoms with Crippen molar-refractivity contribution in [2.24, 2.45) is 16.5 Å². The van der Waals surface area contributed by atoms with Crippen molar-refractivity contribution in [2.45, 2.75) is 71.1 Å². The van der Waals surface area contributed by atoms with Crippen LogP contribution in [0.25, 0.3) is 0 Å². The minimum Gasteiger partial charge on any atom is -0.481 e. The number of aliphatic carboxylic acids is 1. The van der Waals surface area contributed by atoms with E-state index in [1.54, 1.807) is 13.3 Å². The van der Waals surface area contributed by atoms with Gasteiger partial charge >= 0.3 is 5.97 Å². The fraction of sp³-hybridized carbons (Fsp3) is 0.636. The number of carboxylic acid groups (broad SMARTS) is 1. The highest BCUT2D eigenvalue weighted by Gasteiger charge is 2.55. The van der Waals surface area contributed by atoms with Crippen LogP contribution in [0.2, 0.25) is 0 Å². The van der Waals surface area contributed by atoms with Crippen molar-refractivity contribution in [1.82, 2.24) is 0 Å². The van der Waals surface area contributed by atoms with Crippen molar-refractivity contribution in [1.29, 1.82) is 0 Å². The molecule has 0 heterocycles. The Morgan fingerprint density at radius 3 is 2.69 bits per heavy atom. The highest BCUT2D eigenvalue weighted by molar-refractivity contribution is 5.83. The summed E-state index contributed by atoms with van der Waals surface area (Å²) in [4.78, 5) is 17.0. The maximum atomic E-state index is 12.1. The van der Waals surface area contributed by atoms with Gasteiger partial charge in [0.15, 0.2) is 0 Å². The number of aryl methyl sites for hydroxylation is 1. The molecule has 0 aliphatic heterocycles. The number of carbonyl (C=O) groups is 1. The van der Waals surface area contributed by atoms with Crippen LogP contribution in [0.15, 0.2) is 17.3 Å². The highest BCUT2D eigenvalue weighted by Crippen LogP contribution is 2.57. The van der Waals surface area contributed by atoms with Gasteiger partial charge in [-0.3, -0.25) is 4.79 Å². The van der Waals surface area contributed by atoms with Crippen LogP contribution in [0.4, 0.5) is 0 Å². The molecule has 0 amide bonds. The van der Waals surface area contributed by atoms with Gasteiger partial charge in [0.2, 0.25) is 0 Å². The first-order chi connectivity index (χ1) is 12.2. The Morgan fingerprint density at radius 2 is 2.08 bits per heavy atom. The second kappa shape index (κ2) is 6.71. The lowest BCUT2D eigenvalue weighted by Crippen LogP contribution is -2.52. The zero-order valence-corrected chi connectivity index (χ0v) is 16.6. The number of nitrogens with zero attached hydrogens (tertiary/aromatic N) is 1. The van der Waals surface area contributed by atoms with E-state index in [0.29, 0.717) is 5.92 Å². The van der Waals surface area contributed by atoms with Crippen molar-refractivity contribution in [2.75, 3.05) is 7.11 Å². The standard InChI is InChI=1S/C22H31NO3/c1-14(2)17-11-15-7-8-19-21(3,9-6-10-22(19,4)20(24)25)18(15)12-16(17)13-23-26-5/h11-14,19H,6-10H2,1-5H3,(H,24,25)/b23-13+/t19?,21-,22-/m1/s1. The molecule has 3 rings (SSSR count). The molecule has 26 heavy (non-hydrogen) atoms. The highest BCUT2D eigenvalue weighted by atomic mass is 16.6. The molecule has 0 bridgehead atoms. The molecular weight excluding hydrogens is 326 g/mol. The lowest BCUT2D eigenvalue weighted by molar-refractivity contribution is -0.157. The van der Waals surface area contributed by atoms with Gasteiger partial charge in [-0.1, -0.05) is 38.4 Å². The molecule has 2 aliphatic carbocycles. The van der Waals surface area contributed by atoms with Crippen LogP contribution in [0, 0.1) is 11.3 Å². The summed E-state index contributed by atoms with van der Waals surface area (Å²) in [6, 6.07) is 4.58. The van der Waals surface area contributed by atoms with E-state index < -0.39 is 11.4 Å². The largest absolute Gasteiger partial charge is 0.481 e. The average molecular weight is 357 g/mol. The lowest BCUT2D eigenvalue weighted by atomic mass is 9.49. The first-order valence-electron chi connectivity index (χ1n) is 9.71. The van der Waals surface area contributed by atoms with Crippen LogP contribution in [0.5, 0.6) is 0 Å². The van der Waals surface area contributed by atoms with E-state index in [9.17, 15) is 9.90 Å². The number of carboxylic acids is 1. The molecule has 4 heteroatoms. The zero-order valence-electron chi connectivity index (χ0n) is 16.6. The smallest absolute Gasteiger partial charge is 0.309 e. The molecule has 1 aromatic rings. The minimum atomic E-state index is -0.642. The van der Waals surface area contributed by atoms with Crippen LogP contribution in [-0.4, -0.2) is 24.4 Å². The normalized spacial score (nSPS) is 30.9. The average Bonchev–Trinajstić information content (AvgIpc) is 2.59. The second-order valence-electron chi connectivity index (χ2n) is 8.79. The van der Waals surface area contributed by atoms with Crippen molar-refractivity contribution < 1.29 is 14.7 Å². The molecule has 0 spiro atoms. The summed E-state index contributed by atoms with van der Waals surface area (Å²) >= 11 is 0. The van der Waals surface area contributed by atoms with E-state index in [4.69, 9.17) is 4.84 Å². The van der Waals surface area contributed by atoms with Crippen LogP contribution >= 0.6 is 0 Å². The number of fused-ring (bicyclic) bond motifs is 3. The van der Waals surface area contributed by atoms with Gasteiger partial charge in [0.1, 0.15) is 7.11 Å². The third kappa shape index (κ3) is 2.83. The van der Waals surface area contributed by atoms with Gasteiger partial charge in [-0.15, -0.1) is 0 Å². The molecule has 2 aliphatic rings. The van der Waals surface area contributed by atoms with Gasteiger partial charge in [-0.05, 0) is 78.2 Å². The van der Waals surface area contributed by atoms with Crippen LogP contribution in [-0.2, 0) is 21.5 Å². The fourth-order valence-corrected chi connectivity index (χ4v) is 5.53. The Kier molecular flexibility index (Phi) is 4.89. The topological polar surface area (TPSA) is 58.9 Å². The summed E-state index contributed by atoms with van der Waals surface area (Å²) in [7, 11) is 1.56.